The van der Waals surface area contributed by atoms with Gasteiger partial charge in [0.2, 0.25) is 0 Å². The Labute approximate surface area is 136 Å². The molecule has 7 nitrogen and oxygen atoms in total. The van der Waals surface area contributed by atoms with E-state index in [9.17, 15) is 23.9 Å². The van der Waals surface area contributed by atoms with Crippen LogP contribution in [0, 0.1) is 0 Å². The predicted molar refractivity (Wildman–Crippen MR) is 85.9 cm³/mol. The van der Waals surface area contributed by atoms with Crippen LogP contribution in [-0.2, 0) is 6.54 Å². The van der Waals surface area contributed by atoms with E-state index in [-0.39, 0.29) is 37.2 Å². The van der Waals surface area contributed by atoms with Crippen molar-refractivity contribution in [3.05, 3.63) is 44.6 Å². The van der Waals surface area contributed by atoms with Crippen LogP contribution in [0.4, 0.5) is 4.39 Å². The molecule has 0 unspecified atom stereocenters. The van der Waals surface area contributed by atoms with Crippen molar-refractivity contribution in [2.24, 2.45) is 0 Å². The monoisotopic (exact) mass is 335 g/mol. The zero-order chi connectivity index (χ0) is 17.4. The normalized spacial score (nSPS) is 20.7. The average molecular weight is 335 g/mol. The van der Waals surface area contributed by atoms with Crippen molar-refractivity contribution < 1.29 is 14.3 Å². The van der Waals surface area contributed by atoms with Crippen molar-refractivity contribution >= 4 is 16.8 Å². The van der Waals surface area contributed by atoms with Crippen molar-refractivity contribution in [3.63, 3.8) is 0 Å². The third kappa shape index (κ3) is 2.62. The SMILES string of the molecule is CCn1c(=O)[nH]c2cc(C(=O)N3C[C@@H](F)C[C@H]3CO)ccc2c1=O. The van der Waals surface area contributed by atoms with Crippen LogP contribution >= 0.6 is 0 Å². The third-order valence-corrected chi connectivity index (χ3v) is 4.38. The number of hydrogen-bond donors (Lipinski definition) is 2. The summed E-state index contributed by atoms with van der Waals surface area (Å²) in [4.78, 5) is 40.6. The summed E-state index contributed by atoms with van der Waals surface area (Å²) in [5.74, 6) is -0.434. The third-order valence-electron chi connectivity index (χ3n) is 4.38. The quantitative estimate of drug-likeness (QED) is 0.841. The van der Waals surface area contributed by atoms with Gasteiger partial charge in [0.1, 0.15) is 6.17 Å². The van der Waals surface area contributed by atoms with Gasteiger partial charge in [0.15, 0.2) is 0 Å². The number of nitrogens with zero attached hydrogens (tertiary/aromatic N) is 2. The summed E-state index contributed by atoms with van der Waals surface area (Å²) in [6, 6.07) is 3.81. The van der Waals surface area contributed by atoms with Gasteiger partial charge in [-0.2, -0.15) is 0 Å². The molecule has 2 N–H and O–H groups in total. The van der Waals surface area contributed by atoms with Gasteiger partial charge < -0.3 is 15.0 Å². The molecule has 2 atom stereocenters. The number of aromatic nitrogens is 2. The number of hydrogen-bond acceptors (Lipinski definition) is 4. The molecule has 1 aliphatic heterocycles. The standard InChI is InChI=1S/C16H18FN3O4/c1-2-19-15(23)12-4-3-9(5-13(12)18-16(19)24)14(22)20-7-10(17)6-11(20)8-21/h3-5,10-11,21H,2,6-8H2,1H3,(H,18,24)/t10-,11-/m0/s1. The van der Waals surface area contributed by atoms with E-state index in [4.69, 9.17) is 0 Å². The number of aliphatic hydroxyl groups excluding tert-OH is 1. The molecular formula is C16H18FN3O4. The zero-order valence-corrected chi connectivity index (χ0v) is 13.2. The fourth-order valence-corrected chi connectivity index (χ4v) is 3.12. The summed E-state index contributed by atoms with van der Waals surface area (Å²) in [7, 11) is 0. The number of rotatable bonds is 3. The molecule has 0 radical (unpaired) electrons. The second-order valence-electron chi connectivity index (χ2n) is 5.87. The van der Waals surface area contributed by atoms with Crippen LogP contribution in [-0.4, -0.2) is 50.8 Å². The average Bonchev–Trinajstić information content (AvgIpc) is 2.95. The van der Waals surface area contributed by atoms with Crippen LogP contribution < -0.4 is 11.2 Å². The van der Waals surface area contributed by atoms with Crippen molar-refractivity contribution in [1.29, 1.82) is 0 Å². The summed E-state index contributed by atoms with van der Waals surface area (Å²) in [6.45, 7) is 1.55. The van der Waals surface area contributed by atoms with Gasteiger partial charge in [-0.15, -0.1) is 0 Å². The Bertz CT molecular complexity index is 904. The van der Waals surface area contributed by atoms with Gasteiger partial charge in [-0.1, -0.05) is 0 Å². The highest BCUT2D eigenvalue weighted by Gasteiger charge is 2.35. The lowest BCUT2D eigenvalue weighted by Crippen LogP contribution is -2.38. The van der Waals surface area contributed by atoms with Gasteiger partial charge in [0.25, 0.3) is 11.5 Å². The molecule has 1 fully saturated rings. The number of carbonyl (C=O) groups is 1. The van der Waals surface area contributed by atoms with E-state index >= 15 is 0 Å². The molecule has 3 rings (SSSR count). The first kappa shape index (κ1) is 16.4. The predicted octanol–water partition coefficient (Wildman–Crippen LogP) is 0.255. The lowest BCUT2D eigenvalue weighted by atomic mass is 10.1. The Morgan fingerprint density at radius 2 is 2.17 bits per heavy atom. The molecular weight excluding hydrogens is 317 g/mol. The number of nitrogens with one attached hydrogen (secondary N) is 1. The number of benzene rings is 1. The first-order chi connectivity index (χ1) is 11.5. The maximum atomic E-state index is 13.5. The van der Waals surface area contributed by atoms with Gasteiger partial charge in [-0.3, -0.25) is 14.2 Å². The largest absolute Gasteiger partial charge is 0.394 e. The summed E-state index contributed by atoms with van der Waals surface area (Å²) < 4.78 is 14.6. The van der Waals surface area contributed by atoms with Gasteiger partial charge in [-0.05, 0) is 25.1 Å². The Hall–Kier alpha value is -2.48. The molecule has 8 heteroatoms. The summed E-state index contributed by atoms with van der Waals surface area (Å²) in [5.41, 5.74) is -0.470. The van der Waals surface area contributed by atoms with Crippen molar-refractivity contribution in [2.45, 2.75) is 32.1 Å². The molecule has 0 saturated carbocycles. The molecule has 1 amide bonds. The lowest BCUT2D eigenvalue weighted by molar-refractivity contribution is 0.0673. The van der Waals surface area contributed by atoms with Crippen LogP contribution in [0.25, 0.3) is 10.9 Å². The highest BCUT2D eigenvalue weighted by molar-refractivity contribution is 5.98. The zero-order valence-electron chi connectivity index (χ0n) is 13.2. The number of amides is 1. The van der Waals surface area contributed by atoms with E-state index in [1.165, 1.54) is 23.1 Å². The summed E-state index contributed by atoms with van der Waals surface area (Å²) >= 11 is 0. The highest BCUT2D eigenvalue weighted by atomic mass is 19.1. The minimum atomic E-state index is -1.16. The second-order valence-corrected chi connectivity index (χ2v) is 5.87. The molecule has 1 aromatic heterocycles. The summed E-state index contributed by atoms with van der Waals surface area (Å²) in [6.07, 6.45) is -1.06. The number of halogens is 1. The molecule has 1 aliphatic rings. The minimum absolute atomic E-state index is 0.0734. The summed E-state index contributed by atoms with van der Waals surface area (Å²) in [5, 5.41) is 9.60. The van der Waals surface area contributed by atoms with Crippen LogP contribution in [0.15, 0.2) is 27.8 Å². The van der Waals surface area contributed by atoms with Gasteiger partial charge >= 0.3 is 5.69 Å². The fourth-order valence-electron chi connectivity index (χ4n) is 3.12. The van der Waals surface area contributed by atoms with Gasteiger partial charge in [-0.25, -0.2) is 9.18 Å². The molecule has 1 saturated heterocycles. The topological polar surface area (TPSA) is 95.4 Å². The molecule has 2 aromatic rings. The molecule has 0 spiro atoms. The van der Waals surface area contributed by atoms with E-state index in [1.807, 2.05) is 0 Å². The number of carbonyl (C=O) groups excluding carboxylic acids is 1. The second kappa shape index (κ2) is 6.20. The van der Waals surface area contributed by atoms with Crippen LogP contribution in [0.2, 0.25) is 0 Å². The van der Waals surface area contributed by atoms with Crippen LogP contribution in [0.3, 0.4) is 0 Å². The Balaban J connectivity index is 2.04. The maximum absolute atomic E-state index is 13.5. The first-order valence-corrected chi connectivity index (χ1v) is 7.79. The Morgan fingerprint density at radius 3 is 2.83 bits per heavy atom. The van der Waals surface area contributed by atoms with E-state index in [2.05, 4.69) is 4.98 Å². The number of alkyl halides is 1. The van der Waals surface area contributed by atoms with Gasteiger partial charge in [0.05, 0.1) is 30.1 Å². The highest BCUT2D eigenvalue weighted by Crippen LogP contribution is 2.23. The number of aliphatic hydroxyl groups is 1. The molecule has 2 heterocycles. The van der Waals surface area contributed by atoms with Crippen molar-refractivity contribution in [3.8, 4) is 0 Å². The molecule has 0 aliphatic carbocycles. The number of H-pyrrole nitrogens is 1. The molecule has 24 heavy (non-hydrogen) atoms. The van der Waals surface area contributed by atoms with Gasteiger partial charge in [0, 0.05) is 18.5 Å². The molecule has 128 valence electrons. The van der Waals surface area contributed by atoms with E-state index in [1.54, 1.807) is 6.92 Å². The Kier molecular flexibility index (Phi) is 4.23. The maximum Gasteiger partial charge on any atom is 0.328 e. The van der Waals surface area contributed by atoms with E-state index < -0.39 is 29.4 Å². The van der Waals surface area contributed by atoms with Crippen LogP contribution in [0.5, 0.6) is 0 Å². The molecule has 0 bridgehead atoms. The minimum Gasteiger partial charge on any atom is -0.394 e. The van der Waals surface area contributed by atoms with Crippen molar-refractivity contribution in [1.82, 2.24) is 14.5 Å². The number of aromatic amines is 1. The van der Waals surface area contributed by atoms with E-state index in [0.717, 1.165) is 4.57 Å². The van der Waals surface area contributed by atoms with Crippen LogP contribution in [0.1, 0.15) is 23.7 Å². The Morgan fingerprint density at radius 1 is 1.42 bits per heavy atom. The first-order valence-electron chi connectivity index (χ1n) is 7.79. The molecule has 1 aromatic carbocycles. The van der Waals surface area contributed by atoms with E-state index in [0.29, 0.717) is 5.39 Å². The lowest BCUT2D eigenvalue weighted by Gasteiger charge is -2.22. The van der Waals surface area contributed by atoms with Crippen molar-refractivity contribution in [2.75, 3.05) is 13.2 Å². The number of likely N-dealkylation sites (tertiary alicyclic amines) is 1. The number of fused-ring (bicyclic) bond motifs is 1. The fraction of sp³-hybridized carbons (Fsp3) is 0.438. The smallest absolute Gasteiger partial charge is 0.328 e.